The molecule has 8 heteroatoms. The van der Waals surface area contributed by atoms with Crippen molar-refractivity contribution in [2.75, 3.05) is 9.62 Å². The number of carbonyl (C=O) groups is 2. The van der Waals surface area contributed by atoms with Gasteiger partial charge in [0.25, 0.3) is 21.8 Å². The molecule has 0 aliphatic carbocycles. The van der Waals surface area contributed by atoms with Crippen LogP contribution < -0.4 is 14.9 Å². The summed E-state index contributed by atoms with van der Waals surface area (Å²) in [7, 11) is -3.83. The second-order valence-electron chi connectivity index (χ2n) is 10.1. The number of hydrogen-bond acceptors (Lipinski definition) is 4. The summed E-state index contributed by atoms with van der Waals surface area (Å²) in [6.45, 7) is 5.74. The molecule has 0 spiro atoms. The van der Waals surface area contributed by atoms with E-state index in [9.17, 15) is 18.0 Å². The molecule has 39 heavy (non-hydrogen) atoms. The number of benzene rings is 4. The monoisotopic (exact) mass is 541 g/mol. The highest BCUT2D eigenvalue weighted by atomic mass is 32.2. The maximum absolute atomic E-state index is 13.5. The number of nitrogens with zero attached hydrogens (tertiary/aromatic N) is 1. The van der Waals surface area contributed by atoms with Crippen LogP contribution in [0.2, 0.25) is 0 Å². The third-order valence-electron chi connectivity index (χ3n) is 5.83. The van der Waals surface area contributed by atoms with E-state index in [1.54, 1.807) is 103 Å². The molecule has 2 amide bonds. The van der Waals surface area contributed by atoms with Crippen LogP contribution in [0.5, 0.6) is 0 Å². The maximum atomic E-state index is 13.5. The van der Waals surface area contributed by atoms with Crippen molar-refractivity contribution in [3.63, 3.8) is 0 Å². The van der Waals surface area contributed by atoms with E-state index in [4.69, 9.17) is 0 Å². The van der Waals surface area contributed by atoms with Crippen molar-refractivity contribution in [3.05, 3.63) is 126 Å². The lowest BCUT2D eigenvalue weighted by Gasteiger charge is -2.25. The van der Waals surface area contributed by atoms with Crippen molar-refractivity contribution < 1.29 is 18.0 Å². The molecule has 0 unspecified atom stereocenters. The summed E-state index contributed by atoms with van der Waals surface area (Å²) in [5.41, 5.74) is 1.96. The van der Waals surface area contributed by atoms with Gasteiger partial charge in [-0.15, -0.1) is 0 Å². The minimum absolute atomic E-state index is 0.0823. The van der Waals surface area contributed by atoms with Gasteiger partial charge in [0.05, 0.1) is 28.4 Å². The highest BCUT2D eigenvalue weighted by molar-refractivity contribution is 7.92. The van der Waals surface area contributed by atoms with Crippen LogP contribution in [0.3, 0.4) is 0 Å². The Morgan fingerprint density at radius 1 is 0.718 bits per heavy atom. The fraction of sp³-hybridized carbons (Fsp3) is 0.161. The Kier molecular flexibility index (Phi) is 8.16. The minimum Gasteiger partial charge on any atom is -0.347 e. The molecule has 0 bridgehead atoms. The van der Waals surface area contributed by atoms with E-state index in [-0.39, 0.29) is 23.3 Å². The van der Waals surface area contributed by atoms with Crippen molar-refractivity contribution in [1.29, 1.82) is 0 Å². The van der Waals surface area contributed by atoms with Crippen molar-refractivity contribution >= 4 is 33.2 Å². The Balaban J connectivity index is 1.55. The van der Waals surface area contributed by atoms with Gasteiger partial charge in [0.15, 0.2) is 0 Å². The van der Waals surface area contributed by atoms with Gasteiger partial charge in [0.1, 0.15) is 0 Å². The van der Waals surface area contributed by atoms with Gasteiger partial charge in [0, 0.05) is 11.1 Å². The molecule has 4 aromatic rings. The number of anilines is 2. The van der Waals surface area contributed by atoms with Gasteiger partial charge >= 0.3 is 0 Å². The Hall–Kier alpha value is -4.43. The Labute approximate surface area is 229 Å². The van der Waals surface area contributed by atoms with Crippen LogP contribution >= 0.6 is 0 Å². The number of amides is 2. The van der Waals surface area contributed by atoms with E-state index in [1.165, 1.54) is 4.31 Å². The molecule has 0 saturated carbocycles. The Morgan fingerprint density at radius 3 is 1.90 bits per heavy atom. The zero-order valence-corrected chi connectivity index (χ0v) is 22.9. The van der Waals surface area contributed by atoms with E-state index in [2.05, 4.69) is 10.6 Å². The second-order valence-corrected chi connectivity index (χ2v) is 11.9. The quantitative estimate of drug-likeness (QED) is 0.292. The smallest absolute Gasteiger partial charge is 0.264 e. The van der Waals surface area contributed by atoms with Crippen LogP contribution in [0, 0.1) is 0 Å². The molecule has 200 valence electrons. The second kappa shape index (κ2) is 11.5. The van der Waals surface area contributed by atoms with E-state index < -0.39 is 15.6 Å². The van der Waals surface area contributed by atoms with Crippen LogP contribution in [-0.2, 0) is 16.6 Å². The predicted octanol–water partition coefficient (Wildman–Crippen LogP) is 5.86. The lowest BCUT2D eigenvalue weighted by Crippen LogP contribution is -2.40. The third kappa shape index (κ3) is 6.91. The summed E-state index contributed by atoms with van der Waals surface area (Å²) < 4.78 is 28.4. The van der Waals surface area contributed by atoms with Crippen molar-refractivity contribution in [1.82, 2.24) is 5.32 Å². The topological polar surface area (TPSA) is 95.6 Å². The number of para-hydroxylation sites is 2. The number of rotatable bonds is 8. The minimum atomic E-state index is -3.83. The lowest BCUT2D eigenvalue weighted by atomic mass is 10.1. The van der Waals surface area contributed by atoms with Gasteiger partial charge in [-0.2, -0.15) is 0 Å². The molecule has 0 atom stereocenters. The largest absolute Gasteiger partial charge is 0.347 e. The van der Waals surface area contributed by atoms with Crippen LogP contribution in [0.4, 0.5) is 11.4 Å². The fourth-order valence-electron chi connectivity index (χ4n) is 3.95. The average Bonchev–Trinajstić information content (AvgIpc) is 2.92. The number of carbonyl (C=O) groups excluding carboxylic acids is 2. The molecular formula is C31H31N3O4S. The standard InChI is InChI=1S/C31H31N3O4S/c1-31(2,3)33-30(36)27-16-10-11-17-28(27)32-29(35)24-20-18-23(19-21-24)22-34(25-12-6-4-7-13-25)39(37,38)26-14-8-5-9-15-26/h4-21H,22H2,1-3H3,(H,32,35)(H,33,36). The Bertz CT molecular complexity index is 1550. The molecule has 2 N–H and O–H groups in total. The Morgan fingerprint density at radius 2 is 1.28 bits per heavy atom. The first kappa shape index (κ1) is 27.6. The summed E-state index contributed by atoms with van der Waals surface area (Å²) >= 11 is 0. The van der Waals surface area contributed by atoms with Crippen molar-refractivity contribution in [3.8, 4) is 0 Å². The molecule has 7 nitrogen and oxygen atoms in total. The molecule has 4 rings (SSSR count). The first-order valence-corrected chi connectivity index (χ1v) is 13.9. The molecular weight excluding hydrogens is 510 g/mol. The van der Waals surface area contributed by atoms with E-state index in [1.807, 2.05) is 26.8 Å². The van der Waals surface area contributed by atoms with Gasteiger partial charge in [0.2, 0.25) is 0 Å². The SMILES string of the molecule is CC(C)(C)NC(=O)c1ccccc1NC(=O)c1ccc(CN(c2ccccc2)S(=O)(=O)c2ccccc2)cc1. The van der Waals surface area contributed by atoms with Gasteiger partial charge < -0.3 is 10.6 Å². The summed E-state index contributed by atoms with van der Waals surface area (Å²) in [6.07, 6.45) is 0. The van der Waals surface area contributed by atoms with Crippen LogP contribution in [0.15, 0.2) is 114 Å². The predicted molar refractivity (Wildman–Crippen MR) is 154 cm³/mol. The first-order chi connectivity index (χ1) is 18.5. The molecule has 0 fully saturated rings. The third-order valence-corrected chi connectivity index (χ3v) is 7.61. The molecule has 0 saturated heterocycles. The maximum Gasteiger partial charge on any atom is 0.264 e. The zero-order chi connectivity index (χ0) is 28.0. The average molecular weight is 542 g/mol. The number of nitrogens with one attached hydrogen (secondary N) is 2. The summed E-state index contributed by atoms with van der Waals surface area (Å²) in [5.74, 6) is -0.663. The van der Waals surface area contributed by atoms with E-state index in [0.717, 1.165) is 0 Å². The first-order valence-electron chi connectivity index (χ1n) is 12.5. The fourth-order valence-corrected chi connectivity index (χ4v) is 5.42. The number of sulfonamides is 1. The summed E-state index contributed by atoms with van der Waals surface area (Å²) in [5, 5.41) is 5.73. The van der Waals surface area contributed by atoms with Crippen LogP contribution in [0.1, 0.15) is 47.1 Å². The van der Waals surface area contributed by atoms with Gasteiger partial charge in [-0.05, 0) is 74.9 Å². The molecule has 0 radical (unpaired) electrons. The lowest BCUT2D eigenvalue weighted by molar-refractivity contribution is 0.0920. The van der Waals surface area contributed by atoms with E-state index in [0.29, 0.717) is 28.1 Å². The van der Waals surface area contributed by atoms with Gasteiger partial charge in [-0.25, -0.2) is 8.42 Å². The summed E-state index contributed by atoms with van der Waals surface area (Å²) in [6, 6.07) is 30.7. The van der Waals surface area contributed by atoms with Crippen LogP contribution in [0.25, 0.3) is 0 Å². The molecule has 0 aliphatic heterocycles. The van der Waals surface area contributed by atoms with Crippen LogP contribution in [-0.4, -0.2) is 25.8 Å². The van der Waals surface area contributed by atoms with Gasteiger partial charge in [-0.1, -0.05) is 60.7 Å². The number of hydrogen-bond donors (Lipinski definition) is 2. The highest BCUT2D eigenvalue weighted by Crippen LogP contribution is 2.26. The van der Waals surface area contributed by atoms with Gasteiger partial charge in [-0.3, -0.25) is 13.9 Å². The molecule has 0 aromatic heterocycles. The normalized spacial score (nSPS) is 11.5. The molecule has 4 aromatic carbocycles. The molecule has 0 heterocycles. The van der Waals surface area contributed by atoms with Crippen molar-refractivity contribution in [2.24, 2.45) is 0 Å². The van der Waals surface area contributed by atoms with Crippen molar-refractivity contribution in [2.45, 2.75) is 37.8 Å². The summed E-state index contributed by atoms with van der Waals surface area (Å²) in [4.78, 5) is 25.9. The zero-order valence-electron chi connectivity index (χ0n) is 22.1. The highest BCUT2D eigenvalue weighted by Gasteiger charge is 2.25. The molecule has 0 aliphatic rings. The van der Waals surface area contributed by atoms with E-state index >= 15 is 0 Å².